The summed E-state index contributed by atoms with van der Waals surface area (Å²) in [5, 5.41) is 3.40. The number of carbonyl (C=O) groups excluding carboxylic acids is 1. The predicted octanol–water partition coefficient (Wildman–Crippen LogP) is 2.07. The first-order valence-electron chi connectivity index (χ1n) is 7.26. The van der Waals surface area contributed by atoms with E-state index in [9.17, 15) is 4.79 Å². The van der Waals surface area contributed by atoms with Crippen LogP contribution in [0, 0.1) is 11.8 Å². The number of aromatic nitrogens is 1. The second-order valence-electron chi connectivity index (χ2n) is 5.71. The first-order chi connectivity index (χ1) is 10.3. The van der Waals surface area contributed by atoms with Gasteiger partial charge in [0.1, 0.15) is 0 Å². The molecule has 1 amide bonds. The Bertz CT molecular complexity index is 627. The number of thioether (sulfide) groups is 1. The second kappa shape index (κ2) is 5.59. The Labute approximate surface area is 131 Å². The monoisotopic (exact) mass is 319 g/mol. The molecule has 0 radical (unpaired) electrons. The van der Waals surface area contributed by atoms with Gasteiger partial charge in [0.15, 0.2) is 4.34 Å². The zero-order chi connectivity index (χ0) is 14.2. The van der Waals surface area contributed by atoms with E-state index in [1.165, 1.54) is 4.70 Å². The van der Waals surface area contributed by atoms with Crippen molar-refractivity contribution in [3.05, 3.63) is 24.3 Å². The maximum atomic E-state index is 12.3. The lowest BCUT2D eigenvalue weighted by Crippen LogP contribution is -2.33. The molecule has 2 aliphatic rings. The lowest BCUT2D eigenvalue weighted by Gasteiger charge is -2.16. The van der Waals surface area contributed by atoms with Crippen molar-refractivity contribution in [1.29, 1.82) is 0 Å². The fourth-order valence-electron chi connectivity index (χ4n) is 3.19. The molecule has 0 bridgehead atoms. The average Bonchev–Trinajstić information content (AvgIpc) is 3.17. The van der Waals surface area contributed by atoms with E-state index in [-0.39, 0.29) is 5.91 Å². The van der Waals surface area contributed by atoms with Crippen LogP contribution in [0.4, 0.5) is 0 Å². The number of likely N-dealkylation sites (tertiary alicyclic amines) is 1. The molecule has 0 aliphatic carbocycles. The van der Waals surface area contributed by atoms with Gasteiger partial charge in [0, 0.05) is 26.2 Å². The SMILES string of the molecule is O=C(CSc1nc2ccccc2s1)N1C[C@H]2CNC[C@H]2C1. The first kappa shape index (κ1) is 13.5. The fraction of sp³-hybridized carbons (Fsp3) is 0.467. The molecule has 110 valence electrons. The van der Waals surface area contributed by atoms with Gasteiger partial charge in [-0.1, -0.05) is 23.9 Å². The molecule has 1 N–H and O–H groups in total. The van der Waals surface area contributed by atoms with Crippen LogP contribution in [0.25, 0.3) is 10.2 Å². The van der Waals surface area contributed by atoms with E-state index >= 15 is 0 Å². The third-order valence-electron chi connectivity index (χ3n) is 4.34. The van der Waals surface area contributed by atoms with Gasteiger partial charge < -0.3 is 10.2 Å². The lowest BCUT2D eigenvalue weighted by atomic mass is 10.0. The summed E-state index contributed by atoms with van der Waals surface area (Å²) in [4.78, 5) is 18.9. The maximum Gasteiger partial charge on any atom is 0.233 e. The van der Waals surface area contributed by atoms with Crippen LogP contribution in [0.2, 0.25) is 0 Å². The second-order valence-corrected chi connectivity index (χ2v) is 7.97. The first-order valence-corrected chi connectivity index (χ1v) is 9.06. The van der Waals surface area contributed by atoms with Crippen molar-refractivity contribution in [2.75, 3.05) is 31.9 Å². The van der Waals surface area contributed by atoms with Crippen molar-refractivity contribution in [1.82, 2.24) is 15.2 Å². The number of para-hydroxylation sites is 1. The van der Waals surface area contributed by atoms with Crippen LogP contribution in [0.5, 0.6) is 0 Å². The summed E-state index contributed by atoms with van der Waals surface area (Å²) in [7, 11) is 0. The van der Waals surface area contributed by atoms with Gasteiger partial charge in [0.05, 0.1) is 16.0 Å². The van der Waals surface area contributed by atoms with Crippen molar-refractivity contribution in [2.24, 2.45) is 11.8 Å². The van der Waals surface area contributed by atoms with Gasteiger partial charge >= 0.3 is 0 Å². The summed E-state index contributed by atoms with van der Waals surface area (Å²) in [6, 6.07) is 8.12. The Morgan fingerprint density at radius 2 is 2.10 bits per heavy atom. The molecule has 2 saturated heterocycles. The molecule has 21 heavy (non-hydrogen) atoms. The molecular weight excluding hydrogens is 302 g/mol. The third-order valence-corrected chi connectivity index (χ3v) is 6.50. The highest BCUT2D eigenvalue weighted by Crippen LogP contribution is 2.31. The molecule has 2 fully saturated rings. The number of nitrogens with zero attached hydrogens (tertiary/aromatic N) is 2. The van der Waals surface area contributed by atoms with Gasteiger partial charge in [-0.3, -0.25) is 4.79 Å². The van der Waals surface area contributed by atoms with E-state index in [1.54, 1.807) is 23.1 Å². The minimum atomic E-state index is 0.258. The van der Waals surface area contributed by atoms with Gasteiger partial charge in [-0.15, -0.1) is 11.3 Å². The Balaban J connectivity index is 1.37. The molecule has 2 aliphatic heterocycles. The molecule has 0 unspecified atom stereocenters. The zero-order valence-corrected chi connectivity index (χ0v) is 13.3. The normalized spacial score (nSPS) is 24.7. The number of nitrogens with one attached hydrogen (secondary N) is 1. The topological polar surface area (TPSA) is 45.2 Å². The molecule has 0 spiro atoms. The van der Waals surface area contributed by atoms with Gasteiger partial charge in [-0.25, -0.2) is 4.98 Å². The number of hydrogen-bond acceptors (Lipinski definition) is 5. The Morgan fingerprint density at radius 3 is 2.86 bits per heavy atom. The van der Waals surface area contributed by atoms with E-state index in [0.717, 1.165) is 36.0 Å². The van der Waals surface area contributed by atoms with Crippen LogP contribution in [0.15, 0.2) is 28.6 Å². The lowest BCUT2D eigenvalue weighted by molar-refractivity contribution is -0.127. The maximum absolute atomic E-state index is 12.3. The molecule has 2 atom stereocenters. The number of rotatable bonds is 3. The molecule has 1 aromatic carbocycles. The molecular formula is C15H17N3OS2. The largest absolute Gasteiger partial charge is 0.341 e. The van der Waals surface area contributed by atoms with Gasteiger partial charge in [-0.2, -0.15) is 0 Å². The molecule has 6 heteroatoms. The van der Waals surface area contributed by atoms with Crippen LogP contribution in [-0.2, 0) is 4.79 Å². The Hall–Kier alpha value is -1.11. The molecule has 3 heterocycles. The summed E-state index contributed by atoms with van der Waals surface area (Å²) in [6.45, 7) is 3.99. The van der Waals surface area contributed by atoms with Gasteiger partial charge in [0.25, 0.3) is 0 Å². The van der Waals surface area contributed by atoms with Crippen molar-refractivity contribution >= 4 is 39.2 Å². The summed E-state index contributed by atoms with van der Waals surface area (Å²) in [5.41, 5.74) is 1.03. The van der Waals surface area contributed by atoms with Crippen LogP contribution < -0.4 is 5.32 Å². The highest BCUT2D eigenvalue weighted by molar-refractivity contribution is 8.01. The zero-order valence-electron chi connectivity index (χ0n) is 11.6. The molecule has 4 rings (SSSR count). The highest BCUT2D eigenvalue weighted by atomic mass is 32.2. The van der Waals surface area contributed by atoms with Gasteiger partial charge in [0.2, 0.25) is 5.91 Å². The standard InChI is InChI=1S/C15H17N3OS2/c19-14(18-7-10-5-16-6-11(10)8-18)9-20-15-17-12-3-1-2-4-13(12)21-15/h1-4,10-11,16H,5-9H2/t10-,11+. The minimum Gasteiger partial charge on any atom is -0.341 e. The fourth-order valence-corrected chi connectivity index (χ4v) is 5.16. The van der Waals surface area contributed by atoms with Crippen molar-refractivity contribution in [3.63, 3.8) is 0 Å². The Kier molecular flexibility index (Phi) is 3.61. The van der Waals surface area contributed by atoms with E-state index in [1.807, 2.05) is 23.1 Å². The molecule has 1 aromatic heterocycles. The smallest absolute Gasteiger partial charge is 0.233 e. The number of amides is 1. The average molecular weight is 319 g/mol. The quantitative estimate of drug-likeness (QED) is 0.880. The number of thiazole rings is 1. The van der Waals surface area contributed by atoms with E-state index in [4.69, 9.17) is 0 Å². The van der Waals surface area contributed by atoms with E-state index < -0.39 is 0 Å². The summed E-state index contributed by atoms with van der Waals surface area (Å²) in [5.74, 6) is 2.10. The van der Waals surface area contributed by atoms with Gasteiger partial charge in [-0.05, 0) is 24.0 Å². The van der Waals surface area contributed by atoms with Crippen LogP contribution in [0.1, 0.15) is 0 Å². The van der Waals surface area contributed by atoms with Crippen LogP contribution in [0.3, 0.4) is 0 Å². The molecule has 2 aromatic rings. The predicted molar refractivity (Wildman–Crippen MR) is 86.8 cm³/mol. The van der Waals surface area contributed by atoms with Crippen molar-refractivity contribution in [3.8, 4) is 0 Å². The number of benzene rings is 1. The van der Waals surface area contributed by atoms with E-state index in [2.05, 4.69) is 16.4 Å². The Morgan fingerprint density at radius 1 is 1.33 bits per heavy atom. The minimum absolute atomic E-state index is 0.258. The summed E-state index contributed by atoms with van der Waals surface area (Å²) in [6.07, 6.45) is 0. The van der Waals surface area contributed by atoms with Crippen molar-refractivity contribution in [2.45, 2.75) is 4.34 Å². The number of fused-ring (bicyclic) bond motifs is 2. The van der Waals surface area contributed by atoms with Crippen LogP contribution >= 0.6 is 23.1 Å². The number of hydrogen-bond donors (Lipinski definition) is 1. The molecule has 0 saturated carbocycles. The van der Waals surface area contributed by atoms with Crippen molar-refractivity contribution < 1.29 is 4.79 Å². The number of carbonyl (C=O) groups is 1. The third kappa shape index (κ3) is 2.67. The highest BCUT2D eigenvalue weighted by Gasteiger charge is 2.37. The summed E-state index contributed by atoms with van der Waals surface area (Å²) >= 11 is 3.24. The summed E-state index contributed by atoms with van der Waals surface area (Å²) < 4.78 is 2.18. The van der Waals surface area contributed by atoms with E-state index in [0.29, 0.717) is 17.6 Å². The van der Waals surface area contributed by atoms with Crippen LogP contribution in [-0.4, -0.2) is 47.7 Å². The molecule has 4 nitrogen and oxygen atoms in total.